The number of morpholine rings is 1. The Bertz CT molecular complexity index is 1110. The van der Waals surface area contributed by atoms with E-state index in [0.29, 0.717) is 45.3 Å². The third-order valence-corrected chi connectivity index (χ3v) is 9.18. The number of benzene rings is 1. The molecule has 2 aromatic rings. The van der Waals surface area contributed by atoms with E-state index in [1.54, 1.807) is 16.9 Å². The summed E-state index contributed by atoms with van der Waals surface area (Å²) in [4.78, 5) is 35.0. The number of carbonyl (C=O) groups excluding carboxylic acids is 2. The molecule has 212 valence electrons. The van der Waals surface area contributed by atoms with Crippen molar-refractivity contribution < 1.29 is 19.1 Å². The molecule has 39 heavy (non-hydrogen) atoms. The zero-order valence-corrected chi connectivity index (χ0v) is 23.6. The number of methoxy groups -OCH3 is 1. The van der Waals surface area contributed by atoms with Crippen molar-refractivity contribution in [3.05, 3.63) is 53.3 Å². The Hall–Kier alpha value is -3.00. The minimum absolute atomic E-state index is 0.0331. The second-order valence-electron chi connectivity index (χ2n) is 11.4. The maximum absolute atomic E-state index is 13.1. The third-order valence-electron chi connectivity index (χ3n) is 9.18. The fourth-order valence-electron chi connectivity index (χ4n) is 7.09. The van der Waals surface area contributed by atoms with Crippen LogP contribution in [0.15, 0.2) is 36.5 Å². The predicted octanol–water partition coefficient (Wildman–Crippen LogP) is 4.24. The van der Waals surface area contributed by atoms with Crippen molar-refractivity contribution in [2.45, 2.75) is 57.3 Å². The molecule has 0 spiro atoms. The van der Waals surface area contributed by atoms with Gasteiger partial charge in [0.1, 0.15) is 12.3 Å². The first-order valence-electron chi connectivity index (χ1n) is 14.7. The first-order chi connectivity index (χ1) is 19.0. The molecule has 2 fully saturated rings. The number of fused-ring (bicyclic) bond motifs is 1. The molecule has 1 aromatic heterocycles. The average molecular weight is 537 g/mol. The molecule has 2 aliphatic heterocycles. The van der Waals surface area contributed by atoms with Crippen LogP contribution in [0.5, 0.6) is 5.75 Å². The Labute approximate surface area is 232 Å². The number of urea groups is 1. The van der Waals surface area contributed by atoms with E-state index in [1.165, 1.54) is 23.2 Å². The molecule has 0 radical (unpaired) electrons. The lowest BCUT2D eigenvalue weighted by Crippen LogP contribution is -2.57. The number of piperazine rings is 1. The van der Waals surface area contributed by atoms with Crippen LogP contribution >= 0.6 is 0 Å². The van der Waals surface area contributed by atoms with Crippen LogP contribution in [0.1, 0.15) is 55.8 Å². The summed E-state index contributed by atoms with van der Waals surface area (Å²) >= 11 is 0. The normalized spacial score (nSPS) is 21.4. The van der Waals surface area contributed by atoms with Gasteiger partial charge >= 0.3 is 6.03 Å². The van der Waals surface area contributed by atoms with E-state index in [0.717, 1.165) is 50.8 Å². The van der Waals surface area contributed by atoms with Crippen LogP contribution in [-0.2, 0) is 27.8 Å². The summed E-state index contributed by atoms with van der Waals surface area (Å²) in [7, 11) is 1.74. The smallest absolute Gasteiger partial charge is 0.320 e. The molecule has 5 rings (SSSR count). The maximum Gasteiger partial charge on any atom is 0.320 e. The van der Waals surface area contributed by atoms with Crippen LogP contribution in [-0.4, -0.2) is 91.2 Å². The number of H-pyrrole nitrogens is 1. The van der Waals surface area contributed by atoms with Crippen molar-refractivity contribution in [1.82, 2.24) is 19.7 Å². The number of ether oxygens (including phenoxy) is 2. The van der Waals surface area contributed by atoms with Crippen molar-refractivity contribution in [2.75, 3.05) is 59.6 Å². The fraction of sp³-hybridized carbons (Fsp3) is 0.613. The Morgan fingerprint density at radius 3 is 2.67 bits per heavy atom. The number of hydrogen-bond acceptors (Lipinski definition) is 4. The molecule has 8 nitrogen and oxygen atoms in total. The number of carbonyl (C=O) groups is 2. The Kier molecular flexibility index (Phi) is 8.80. The molecule has 2 saturated heterocycles. The standard InChI is InChI=1S/C31H44N4O4/c1-3-11-31(28-6-4-13-32-28,26-9-7-24-8-10-27(38-2)22-25(24)21-26)12-5-14-33-15-16-35(23-29(33)36)30(37)34-17-19-39-20-18-34/h4,6,8,10,13,22,26,32H,3,5,7,9,11-12,14-21,23H2,1-2H3. The summed E-state index contributed by atoms with van der Waals surface area (Å²) in [5.41, 5.74) is 4.22. The number of aromatic amines is 1. The van der Waals surface area contributed by atoms with Gasteiger partial charge in [-0.05, 0) is 79.8 Å². The number of nitrogens with zero attached hydrogens (tertiary/aromatic N) is 3. The Balaban J connectivity index is 1.25. The highest BCUT2D eigenvalue weighted by molar-refractivity contribution is 5.85. The van der Waals surface area contributed by atoms with E-state index in [9.17, 15) is 9.59 Å². The SMILES string of the molecule is CCCC(CCCN1CCN(C(=O)N2CCOCC2)CC1=O)(c1ccc[nH]1)C1CCc2ccc(OC)cc2C1. The van der Waals surface area contributed by atoms with E-state index >= 15 is 0 Å². The topological polar surface area (TPSA) is 78.1 Å². The number of aromatic nitrogens is 1. The molecule has 1 N–H and O–H groups in total. The Morgan fingerprint density at radius 1 is 1.10 bits per heavy atom. The molecule has 3 amide bonds. The summed E-state index contributed by atoms with van der Waals surface area (Å²) in [5, 5.41) is 0. The summed E-state index contributed by atoms with van der Waals surface area (Å²) in [6.07, 6.45) is 9.57. The van der Waals surface area contributed by atoms with Crippen molar-refractivity contribution in [2.24, 2.45) is 5.92 Å². The van der Waals surface area contributed by atoms with Gasteiger partial charge in [0, 0.05) is 50.0 Å². The second kappa shape index (κ2) is 12.5. The average Bonchev–Trinajstić information content (AvgIpc) is 3.52. The van der Waals surface area contributed by atoms with Gasteiger partial charge in [0.2, 0.25) is 5.91 Å². The van der Waals surface area contributed by atoms with Crippen LogP contribution < -0.4 is 4.74 Å². The molecule has 0 bridgehead atoms. The zero-order chi connectivity index (χ0) is 27.2. The van der Waals surface area contributed by atoms with Gasteiger partial charge < -0.3 is 29.2 Å². The molecule has 3 aliphatic rings. The van der Waals surface area contributed by atoms with Crippen molar-refractivity contribution in [3.8, 4) is 5.75 Å². The number of hydrogen-bond donors (Lipinski definition) is 1. The lowest BCUT2D eigenvalue weighted by molar-refractivity contribution is -0.135. The van der Waals surface area contributed by atoms with Crippen molar-refractivity contribution in [3.63, 3.8) is 0 Å². The molecule has 3 heterocycles. The number of amides is 3. The summed E-state index contributed by atoms with van der Waals surface area (Å²) in [6.45, 7) is 6.74. The van der Waals surface area contributed by atoms with E-state index < -0.39 is 0 Å². The Morgan fingerprint density at radius 2 is 1.95 bits per heavy atom. The van der Waals surface area contributed by atoms with Crippen LogP contribution in [0.25, 0.3) is 0 Å². The predicted molar refractivity (Wildman–Crippen MR) is 151 cm³/mol. The number of rotatable bonds is 9. The second-order valence-corrected chi connectivity index (χ2v) is 11.4. The third kappa shape index (κ3) is 5.96. The first kappa shape index (κ1) is 27.6. The summed E-state index contributed by atoms with van der Waals surface area (Å²) in [5.74, 6) is 1.51. The van der Waals surface area contributed by atoms with Gasteiger partial charge in [0.25, 0.3) is 0 Å². The van der Waals surface area contributed by atoms with Crippen LogP contribution in [0.4, 0.5) is 4.79 Å². The summed E-state index contributed by atoms with van der Waals surface area (Å²) in [6, 6.07) is 10.9. The minimum Gasteiger partial charge on any atom is -0.497 e. The molecular formula is C31H44N4O4. The molecular weight excluding hydrogens is 492 g/mol. The number of nitrogens with one attached hydrogen (secondary N) is 1. The molecule has 0 saturated carbocycles. The zero-order valence-electron chi connectivity index (χ0n) is 23.6. The van der Waals surface area contributed by atoms with E-state index in [4.69, 9.17) is 9.47 Å². The molecule has 1 aliphatic carbocycles. The van der Waals surface area contributed by atoms with Gasteiger partial charge in [0.15, 0.2) is 0 Å². The molecule has 2 atom stereocenters. The van der Waals surface area contributed by atoms with Gasteiger partial charge in [-0.3, -0.25) is 4.79 Å². The van der Waals surface area contributed by atoms with Crippen LogP contribution in [0, 0.1) is 5.92 Å². The minimum atomic E-state index is -0.0331. The van der Waals surface area contributed by atoms with Gasteiger partial charge in [-0.1, -0.05) is 19.4 Å². The van der Waals surface area contributed by atoms with Gasteiger partial charge in [-0.25, -0.2) is 4.79 Å². The lowest BCUT2D eigenvalue weighted by Gasteiger charge is -2.44. The van der Waals surface area contributed by atoms with Gasteiger partial charge in [0.05, 0.1) is 20.3 Å². The highest BCUT2D eigenvalue weighted by Crippen LogP contribution is 2.46. The van der Waals surface area contributed by atoms with Crippen molar-refractivity contribution in [1.29, 1.82) is 0 Å². The largest absolute Gasteiger partial charge is 0.497 e. The fourth-order valence-corrected chi connectivity index (χ4v) is 7.09. The van der Waals surface area contributed by atoms with E-state index in [-0.39, 0.29) is 23.9 Å². The van der Waals surface area contributed by atoms with E-state index in [2.05, 4.69) is 42.2 Å². The van der Waals surface area contributed by atoms with E-state index in [1.807, 2.05) is 11.1 Å². The van der Waals surface area contributed by atoms with Gasteiger partial charge in [-0.2, -0.15) is 0 Å². The highest BCUT2D eigenvalue weighted by Gasteiger charge is 2.42. The monoisotopic (exact) mass is 536 g/mol. The molecule has 8 heteroatoms. The first-order valence-corrected chi connectivity index (χ1v) is 14.7. The summed E-state index contributed by atoms with van der Waals surface area (Å²) < 4.78 is 10.9. The van der Waals surface area contributed by atoms with Crippen molar-refractivity contribution >= 4 is 11.9 Å². The number of aryl methyl sites for hydroxylation is 1. The van der Waals surface area contributed by atoms with Crippen LogP contribution in [0.3, 0.4) is 0 Å². The lowest BCUT2D eigenvalue weighted by atomic mass is 9.61. The highest BCUT2D eigenvalue weighted by atomic mass is 16.5. The molecule has 2 unspecified atom stereocenters. The maximum atomic E-state index is 13.1. The van der Waals surface area contributed by atoms with Gasteiger partial charge in [-0.15, -0.1) is 0 Å². The molecule has 1 aromatic carbocycles. The quantitative estimate of drug-likeness (QED) is 0.520. The van der Waals surface area contributed by atoms with Crippen LogP contribution in [0.2, 0.25) is 0 Å².